The van der Waals surface area contributed by atoms with Crippen LogP contribution in [0.5, 0.6) is 5.75 Å². The number of methoxy groups -OCH3 is 1. The van der Waals surface area contributed by atoms with Gasteiger partial charge in [0, 0.05) is 23.1 Å². The van der Waals surface area contributed by atoms with E-state index in [-0.39, 0.29) is 30.0 Å². The summed E-state index contributed by atoms with van der Waals surface area (Å²) in [5.74, 6) is 0.557. The molecule has 27 heavy (non-hydrogen) atoms. The largest absolute Gasteiger partial charge is 0.495 e. The number of nitrogens with zero attached hydrogens (tertiary/aromatic N) is 1. The lowest BCUT2D eigenvalue weighted by molar-refractivity contribution is 0.0571. The van der Waals surface area contributed by atoms with Gasteiger partial charge in [0.05, 0.1) is 18.7 Å². The van der Waals surface area contributed by atoms with Crippen LogP contribution < -0.4 is 4.74 Å². The summed E-state index contributed by atoms with van der Waals surface area (Å²) in [5.41, 5.74) is 1.51. The number of fused-ring (bicyclic) bond motifs is 2. The molecule has 0 radical (unpaired) electrons. The maximum Gasteiger partial charge on any atom is 0.254 e. The highest BCUT2D eigenvalue weighted by molar-refractivity contribution is 6.32. The summed E-state index contributed by atoms with van der Waals surface area (Å²) in [5, 5.41) is 10.7. The summed E-state index contributed by atoms with van der Waals surface area (Å²) in [6, 6.07) is 15.7. The van der Waals surface area contributed by atoms with Gasteiger partial charge in [-0.05, 0) is 49.4 Å². The molecule has 2 heterocycles. The van der Waals surface area contributed by atoms with Gasteiger partial charge in [0.15, 0.2) is 0 Å². The highest BCUT2D eigenvalue weighted by Crippen LogP contribution is 2.51. The van der Waals surface area contributed by atoms with Gasteiger partial charge in [0.2, 0.25) is 0 Å². The van der Waals surface area contributed by atoms with E-state index in [2.05, 4.69) is 12.1 Å². The fourth-order valence-corrected chi connectivity index (χ4v) is 5.22. The third-order valence-electron chi connectivity index (χ3n) is 6.20. The van der Waals surface area contributed by atoms with Gasteiger partial charge in [-0.1, -0.05) is 41.9 Å². The molecule has 4 nitrogen and oxygen atoms in total. The third-order valence-corrected chi connectivity index (χ3v) is 6.49. The summed E-state index contributed by atoms with van der Waals surface area (Å²) in [7, 11) is 1.56. The molecule has 2 saturated heterocycles. The van der Waals surface area contributed by atoms with Crippen molar-refractivity contribution in [3.05, 3.63) is 64.7 Å². The molecule has 2 aliphatic rings. The topological polar surface area (TPSA) is 49.8 Å². The second kappa shape index (κ2) is 7.17. The smallest absolute Gasteiger partial charge is 0.254 e. The highest BCUT2D eigenvalue weighted by atomic mass is 35.5. The molecule has 4 rings (SSSR count). The highest BCUT2D eigenvalue weighted by Gasteiger charge is 2.57. The van der Waals surface area contributed by atoms with Crippen molar-refractivity contribution in [3.8, 4) is 5.75 Å². The quantitative estimate of drug-likeness (QED) is 0.847. The van der Waals surface area contributed by atoms with E-state index in [1.165, 1.54) is 5.56 Å². The molecular weight excluding hydrogens is 362 g/mol. The summed E-state index contributed by atoms with van der Waals surface area (Å²) in [6.07, 6.45) is 3.57. The minimum Gasteiger partial charge on any atom is -0.495 e. The summed E-state index contributed by atoms with van der Waals surface area (Å²) < 4.78 is 5.19. The van der Waals surface area contributed by atoms with Crippen molar-refractivity contribution in [1.82, 2.24) is 4.90 Å². The number of halogens is 1. The molecule has 2 fully saturated rings. The van der Waals surface area contributed by atoms with Crippen molar-refractivity contribution in [1.29, 1.82) is 0 Å². The number of aliphatic hydroxyl groups excluding tert-OH is 1. The lowest BCUT2D eigenvalue weighted by atomic mass is 9.70. The molecule has 1 amide bonds. The van der Waals surface area contributed by atoms with Crippen LogP contribution in [0.1, 0.15) is 35.2 Å². The fourth-order valence-electron chi connectivity index (χ4n) is 4.96. The average Bonchev–Trinajstić information content (AvgIpc) is 3.24. The van der Waals surface area contributed by atoms with E-state index >= 15 is 0 Å². The van der Waals surface area contributed by atoms with Crippen LogP contribution in [0.15, 0.2) is 48.5 Å². The van der Waals surface area contributed by atoms with Gasteiger partial charge in [-0.3, -0.25) is 4.79 Å². The Labute approximate surface area is 164 Å². The van der Waals surface area contributed by atoms with E-state index in [1.807, 2.05) is 23.1 Å². The Kier molecular flexibility index (Phi) is 4.87. The van der Waals surface area contributed by atoms with Gasteiger partial charge in [0.25, 0.3) is 5.91 Å². The fraction of sp³-hybridized carbons (Fsp3) is 0.409. The maximum absolute atomic E-state index is 13.3. The van der Waals surface area contributed by atoms with Crippen LogP contribution in [0.3, 0.4) is 0 Å². The second-order valence-corrected chi connectivity index (χ2v) is 8.10. The predicted molar refractivity (Wildman–Crippen MR) is 105 cm³/mol. The number of ether oxygens (including phenoxy) is 1. The number of benzene rings is 2. The van der Waals surface area contributed by atoms with E-state index in [1.54, 1.807) is 25.3 Å². The third kappa shape index (κ3) is 3.11. The van der Waals surface area contributed by atoms with Gasteiger partial charge in [-0.25, -0.2) is 0 Å². The first-order chi connectivity index (χ1) is 13.1. The van der Waals surface area contributed by atoms with Crippen molar-refractivity contribution in [2.24, 2.45) is 5.41 Å². The van der Waals surface area contributed by atoms with Crippen LogP contribution in [-0.2, 0) is 6.42 Å². The van der Waals surface area contributed by atoms with Crippen LogP contribution in [0, 0.1) is 5.41 Å². The lowest BCUT2D eigenvalue weighted by Gasteiger charge is -2.36. The van der Waals surface area contributed by atoms with Crippen molar-refractivity contribution < 1.29 is 14.6 Å². The Bertz CT molecular complexity index is 841. The van der Waals surface area contributed by atoms with Gasteiger partial charge in [0.1, 0.15) is 5.75 Å². The van der Waals surface area contributed by atoms with Gasteiger partial charge < -0.3 is 14.7 Å². The SMILES string of the molecule is COc1ccc(C(=O)N2[C@H]3CC[C@@H]2[C@@](CO)(Cc2ccccc2)C3)cc1Cl. The molecule has 2 aromatic carbocycles. The Balaban J connectivity index is 1.61. The summed E-state index contributed by atoms with van der Waals surface area (Å²) in [4.78, 5) is 15.3. The first-order valence-corrected chi connectivity index (χ1v) is 9.77. The van der Waals surface area contributed by atoms with Crippen molar-refractivity contribution in [2.45, 2.75) is 37.8 Å². The first-order valence-electron chi connectivity index (χ1n) is 9.39. The van der Waals surface area contributed by atoms with Crippen LogP contribution in [-0.4, -0.2) is 41.7 Å². The van der Waals surface area contributed by atoms with E-state index in [0.29, 0.717) is 16.3 Å². The van der Waals surface area contributed by atoms with Gasteiger partial charge >= 0.3 is 0 Å². The average molecular weight is 386 g/mol. The van der Waals surface area contributed by atoms with Crippen LogP contribution in [0.2, 0.25) is 5.02 Å². The molecule has 142 valence electrons. The maximum atomic E-state index is 13.3. The lowest BCUT2D eigenvalue weighted by Crippen LogP contribution is -2.43. The summed E-state index contributed by atoms with van der Waals surface area (Å²) >= 11 is 6.22. The molecule has 0 aliphatic carbocycles. The van der Waals surface area contributed by atoms with Gasteiger partial charge in [-0.2, -0.15) is 0 Å². The minimum absolute atomic E-state index is 0.00422. The number of amides is 1. The molecule has 2 aromatic rings. The normalized spacial score (nSPS) is 26.4. The Morgan fingerprint density at radius 1 is 1.26 bits per heavy atom. The number of hydrogen-bond donors (Lipinski definition) is 1. The van der Waals surface area contributed by atoms with E-state index in [4.69, 9.17) is 16.3 Å². The Morgan fingerprint density at radius 3 is 2.70 bits per heavy atom. The van der Waals surface area contributed by atoms with Crippen LogP contribution in [0.4, 0.5) is 0 Å². The zero-order valence-electron chi connectivity index (χ0n) is 15.4. The number of carbonyl (C=O) groups is 1. The molecular formula is C22H24ClNO3. The van der Waals surface area contributed by atoms with E-state index in [0.717, 1.165) is 25.7 Å². The molecule has 1 N–H and O–H groups in total. The Morgan fingerprint density at radius 2 is 2.04 bits per heavy atom. The van der Waals surface area contributed by atoms with Gasteiger partial charge in [-0.15, -0.1) is 0 Å². The van der Waals surface area contributed by atoms with Crippen LogP contribution >= 0.6 is 11.6 Å². The molecule has 2 bridgehead atoms. The molecule has 0 unspecified atom stereocenters. The molecule has 0 spiro atoms. The van der Waals surface area contributed by atoms with Crippen molar-refractivity contribution in [3.63, 3.8) is 0 Å². The Hall–Kier alpha value is -2.04. The zero-order chi connectivity index (χ0) is 19.0. The molecule has 2 aliphatic heterocycles. The van der Waals surface area contributed by atoms with Crippen molar-refractivity contribution >= 4 is 17.5 Å². The monoisotopic (exact) mass is 385 g/mol. The number of hydrogen-bond acceptors (Lipinski definition) is 3. The number of aliphatic hydroxyl groups is 1. The number of carbonyl (C=O) groups excluding carboxylic acids is 1. The zero-order valence-corrected chi connectivity index (χ0v) is 16.2. The molecule has 0 aromatic heterocycles. The minimum atomic E-state index is -0.268. The second-order valence-electron chi connectivity index (χ2n) is 7.70. The molecule has 0 saturated carbocycles. The molecule has 3 atom stereocenters. The predicted octanol–water partition coefficient (Wildman–Crippen LogP) is 3.95. The number of rotatable bonds is 5. The van der Waals surface area contributed by atoms with E-state index < -0.39 is 0 Å². The van der Waals surface area contributed by atoms with E-state index in [9.17, 15) is 9.90 Å². The first kappa shape index (κ1) is 18.3. The van der Waals surface area contributed by atoms with Crippen LogP contribution in [0.25, 0.3) is 0 Å². The standard InChI is InChI=1S/C22H24ClNO3/c1-27-19-9-7-16(11-18(19)23)21(26)24-17-8-10-20(24)22(13-17,14-25)12-15-5-3-2-4-6-15/h2-7,9,11,17,20,25H,8,10,12-14H2,1H3/t17-,20+,22-/m0/s1. The summed E-state index contributed by atoms with van der Waals surface area (Å²) in [6.45, 7) is 0.0935. The molecule has 5 heteroatoms. The van der Waals surface area contributed by atoms with Crippen molar-refractivity contribution in [2.75, 3.05) is 13.7 Å².